The molecule has 0 aliphatic rings. The van der Waals surface area contributed by atoms with Crippen LogP contribution in [0.1, 0.15) is 59.3 Å². The molecule has 0 aromatic carbocycles. The normalized spacial score (nSPS) is 12.8. The lowest BCUT2D eigenvalue weighted by atomic mass is 9.96. The summed E-state index contributed by atoms with van der Waals surface area (Å²) in [5.41, 5.74) is 5.56. The topological polar surface area (TPSA) is 52.3 Å². The third-order valence-corrected chi connectivity index (χ3v) is 3.10. The summed E-state index contributed by atoms with van der Waals surface area (Å²) in [5, 5.41) is 0. The highest BCUT2D eigenvalue weighted by atomic mass is 16.5. The van der Waals surface area contributed by atoms with Gasteiger partial charge in [-0.15, -0.1) is 0 Å². The van der Waals surface area contributed by atoms with E-state index in [2.05, 4.69) is 6.92 Å². The number of esters is 1. The predicted molar refractivity (Wildman–Crippen MR) is 71.7 cm³/mol. The van der Waals surface area contributed by atoms with Crippen molar-refractivity contribution in [3.05, 3.63) is 0 Å². The van der Waals surface area contributed by atoms with Crippen LogP contribution >= 0.6 is 0 Å². The van der Waals surface area contributed by atoms with E-state index in [0.717, 1.165) is 12.8 Å². The van der Waals surface area contributed by atoms with E-state index in [-0.39, 0.29) is 17.8 Å². The zero-order valence-corrected chi connectivity index (χ0v) is 11.7. The molecule has 1 unspecified atom stereocenters. The first kappa shape index (κ1) is 16.4. The maximum atomic E-state index is 11.6. The summed E-state index contributed by atoms with van der Waals surface area (Å²) in [6.07, 6.45) is 7.24. The summed E-state index contributed by atoms with van der Waals surface area (Å²) in [7, 11) is 0. The van der Waals surface area contributed by atoms with Gasteiger partial charge in [-0.25, -0.2) is 0 Å². The molecule has 0 bridgehead atoms. The van der Waals surface area contributed by atoms with Gasteiger partial charge in [-0.1, -0.05) is 52.9 Å². The molecular weight excluding hydrogens is 214 g/mol. The molecule has 0 amide bonds. The van der Waals surface area contributed by atoms with Crippen molar-refractivity contribution < 1.29 is 9.53 Å². The van der Waals surface area contributed by atoms with Gasteiger partial charge in [-0.3, -0.25) is 4.79 Å². The highest BCUT2D eigenvalue weighted by Gasteiger charge is 2.21. The Bertz CT molecular complexity index is 193. The van der Waals surface area contributed by atoms with E-state index >= 15 is 0 Å². The van der Waals surface area contributed by atoms with E-state index in [1.165, 1.54) is 25.7 Å². The van der Waals surface area contributed by atoms with Crippen LogP contribution in [0.25, 0.3) is 0 Å². The monoisotopic (exact) mass is 243 g/mol. The Morgan fingerprint density at radius 3 is 2.24 bits per heavy atom. The largest absolute Gasteiger partial charge is 0.465 e. The van der Waals surface area contributed by atoms with Crippen LogP contribution < -0.4 is 5.73 Å². The summed E-state index contributed by atoms with van der Waals surface area (Å²) in [4.78, 5) is 11.6. The Morgan fingerprint density at radius 1 is 1.12 bits per heavy atom. The van der Waals surface area contributed by atoms with Crippen molar-refractivity contribution in [2.75, 3.05) is 13.2 Å². The Morgan fingerprint density at radius 2 is 1.71 bits per heavy atom. The number of hydrogen-bond acceptors (Lipinski definition) is 3. The van der Waals surface area contributed by atoms with Crippen molar-refractivity contribution >= 4 is 5.97 Å². The zero-order chi connectivity index (χ0) is 13.1. The fourth-order valence-electron chi connectivity index (χ4n) is 1.80. The quantitative estimate of drug-likeness (QED) is 0.474. The Labute approximate surface area is 106 Å². The minimum atomic E-state index is -0.143. The fraction of sp³-hybridized carbons (Fsp3) is 0.929. The first-order valence-corrected chi connectivity index (χ1v) is 7.00. The van der Waals surface area contributed by atoms with Crippen LogP contribution in [0, 0.1) is 11.8 Å². The number of hydrogen-bond donors (Lipinski definition) is 1. The summed E-state index contributed by atoms with van der Waals surface area (Å²) in [6.45, 7) is 7.15. The molecule has 0 aliphatic carbocycles. The van der Waals surface area contributed by atoms with Gasteiger partial charge < -0.3 is 10.5 Å². The predicted octanol–water partition coefficient (Wildman–Crippen LogP) is 3.12. The Balaban J connectivity index is 3.50. The maximum Gasteiger partial charge on any atom is 0.310 e. The molecule has 0 aliphatic heterocycles. The summed E-state index contributed by atoms with van der Waals surface area (Å²) in [5.74, 6) is -0.0109. The molecule has 102 valence electrons. The third kappa shape index (κ3) is 8.19. The lowest BCUT2D eigenvalue weighted by Crippen LogP contribution is -2.30. The van der Waals surface area contributed by atoms with Crippen molar-refractivity contribution in [1.82, 2.24) is 0 Å². The molecule has 0 saturated heterocycles. The van der Waals surface area contributed by atoms with Gasteiger partial charge in [0.15, 0.2) is 0 Å². The molecule has 0 rings (SSSR count). The van der Waals surface area contributed by atoms with Crippen LogP contribution in [0.2, 0.25) is 0 Å². The van der Waals surface area contributed by atoms with Gasteiger partial charge >= 0.3 is 5.97 Å². The van der Waals surface area contributed by atoms with Crippen molar-refractivity contribution in [2.24, 2.45) is 17.6 Å². The van der Waals surface area contributed by atoms with E-state index in [1.807, 2.05) is 13.8 Å². The molecule has 17 heavy (non-hydrogen) atoms. The molecule has 1 atom stereocenters. The standard InChI is InChI=1S/C14H29NO2/c1-4-5-6-7-8-9-10-17-14(16)13(11-15)12(2)3/h12-13H,4-11,15H2,1-3H3. The maximum absolute atomic E-state index is 11.6. The van der Waals surface area contributed by atoms with Gasteiger partial charge in [0.25, 0.3) is 0 Å². The second-order valence-corrected chi connectivity index (χ2v) is 5.02. The van der Waals surface area contributed by atoms with E-state index in [1.54, 1.807) is 0 Å². The molecule has 0 heterocycles. The molecule has 0 aromatic rings. The van der Waals surface area contributed by atoms with Crippen molar-refractivity contribution in [2.45, 2.75) is 59.3 Å². The summed E-state index contributed by atoms with van der Waals surface area (Å²) < 4.78 is 5.24. The lowest BCUT2D eigenvalue weighted by Gasteiger charge is -2.17. The number of nitrogens with two attached hydrogens (primary N) is 1. The number of carbonyl (C=O) groups excluding carboxylic acids is 1. The first-order valence-electron chi connectivity index (χ1n) is 7.00. The summed E-state index contributed by atoms with van der Waals surface area (Å²) >= 11 is 0. The van der Waals surface area contributed by atoms with E-state index < -0.39 is 0 Å². The second kappa shape index (κ2) is 10.6. The second-order valence-electron chi connectivity index (χ2n) is 5.02. The average molecular weight is 243 g/mol. The van der Waals surface area contributed by atoms with Gasteiger partial charge in [0.2, 0.25) is 0 Å². The number of unbranched alkanes of at least 4 members (excludes halogenated alkanes) is 5. The van der Waals surface area contributed by atoms with Gasteiger partial charge in [0.1, 0.15) is 0 Å². The molecule has 0 fully saturated rings. The Kier molecular flexibility index (Phi) is 10.2. The fourth-order valence-corrected chi connectivity index (χ4v) is 1.80. The van der Waals surface area contributed by atoms with E-state index in [9.17, 15) is 4.79 Å². The molecule has 3 heteroatoms. The molecule has 0 spiro atoms. The van der Waals surface area contributed by atoms with Gasteiger partial charge in [0.05, 0.1) is 12.5 Å². The summed E-state index contributed by atoms with van der Waals surface area (Å²) in [6, 6.07) is 0. The van der Waals surface area contributed by atoms with Crippen molar-refractivity contribution in [3.63, 3.8) is 0 Å². The average Bonchev–Trinajstić information content (AvgIpc) is 2.28. The van der Waals surface area contributed by atoms with Crippen molar-refractivity contribution in [1.29, 1.82) is 0 Å². The van der Waals surface area contributed by atoms with Crippen LogP contribution in [-0.4, -0.2) is 19.1 Å². The van der Waals surface area contributed by atoms with E-state index in [4.69, 9.17) is 10.5 Å². The molecule has 0 aromatic heterocycles. The third-order valence-electron chi connectivity index (χ3n) is 3.10. The highest BCUT2D eigenvalue weighted by Crippen LogP contribution is 2.12. The first-order chi connectivity index (χ1) is 8.13. The van der Waals surface area contributed by atoms with Crippen LogP contribution in [0.15, 0.2) is 0 Å². The Hall–Kier alpha value is -0.570. The van der Waals surface area contributed by atoms with E-state index in [0.29, 0.717) is 13.2 Å². The van der Waals surface area contributed by atoms with Crippen LogP contribution in [-0.2, 0) is 9.53 Å². The van der Waals surface area contributed by atoms with Crippen LogP contribution in [0.3, 0.4) is 0 Å². The van der Waals surface area contributed by atoms with Crippen LogP contribution in [0.4, 0.5) is 0 Å². The number of rotatable bonds is 10. The molecule has 2 N–H and O–H groups in total. The minimum Gasteiger partial charge on any atom is -0.465 e. The lowest BCUT2D eigenvalue weighted by molar-refractivity contribution is -0.149. The highest BCUT2D eigenvalue weighted by molar-refractivity contribution is 5.72. The smallest absolute Gasteiger partial charge is 0.310 e. The molecule has 0 saturated carbocycles. The molecule has 0 radical (unpaired) electrons. The SMILES string of the molecule is CCCCCCCCOC(=O)C(CN)C(C)C. The zero-order valence-electron chi connectivity index (χ0n) is 11.7. The number of carbonyl (C=O) groups is 1. The minimum absolute atomic E-state index is 0.129. The molecular formula is C14H29NO2. The van der Waals surface area contributed by atoms with Crippen molar-refractivity contribution in [3.8, 4) is 0 Å². The van der Waals surface area contributed by atoms with Crippen LogP contribution in [0.5, 0.6) is 0 Å². The van der Waals surface area contributed by atoms with Gasteiger partial charge in [-0.05, 0) is 12.3 Å². The molecule has 3 nitrogen and oxygen atoms in total. The van der Waals surface area contributed by atoms with Gasteiger partial charge in [0, 0.05) is 6.54 Å². The van der Waals surface area contributed by atoms with Gasteiger partial charge in [-0.2, -0.15) is 0 Å². The number of ether oxygens (including phenoxy) is 1.